The highest BCUT2D eigenvalue weighted by Crippen LogP contribution is 2.30. The van der Waals surface area contributed by atoms with Gasteiger partial charge < -0.3 is 14.8 Å². The number of piperidine rings is 1. The molecule has 8 heteroatoms. The van der Waals surface area contributed by atoms with Crippen LogP contribution in [0.5, 0.6) is 11.5 Å². The van der Waals surface area contributed by atoms with Crippen molar-refractivity contribution in [1.82, 2.24) is 4.31 Å². The van der Waals surface area contributed by atoms with Crippen LogP contribution in [0.2, 0.25) is 0 Å². The zero-order valence-electron chi connectivity index (χ0n) is 17.1. The van der Waals surface area contributed by atoms with Crippen LogP contribution in [0.4, 0.5) is 5.69 Å². The fraction of sp³-hybridized carbons (Fsp3) is 0.318. The van der Waals surface area contributed by atoms with E-state index in [1.807, 2.05) is 0 Å². The molecule has 30 heavy (non-hydrogen) atoms. The molecule has 1 saturated heterocycles. The van der Waals surface area contributed by atoms with E-state index in [-0.39, 0.29) is 10.8 Å². The van der Waals surface area contributed by atoms with Gasteiger partial charge in [0.05, 0.1) is 14.2 Å². The molecule has 7 nitrogen and oxygen atoms in total. The molecule has 0 atom stereocenters. The van der Waals surface area contributed by atoms with Gasteiger partial charge in [-0.15, -0.1) is 0 Å². The number of sulfonamides is 1. The molecule has 1 aliphatic heterocycles. The van der Waals surface area contributed by atoms with Gasteiger partial charge in [0.2, 0.25) is 15.9 Å². The lowest BCUT2D eigenvalue weighted by molar-refractivity contribution is -0.111. The van der Waals surface area contributed by atoms with Crippen LogP contribution in [-0.4, -0.2) is 45.9 Å². The zero-order chi connectivity index (χ0) is 21.6. The number of rotatable bonds is 7. The maximum Gasteiger partial charge on any atom is 0.248 e. The van der Waals surface area contributed by atoms with Crippen molar-refractivity contribution in [3.05, 3.63) is 54.1 Å². The molecule has 0 unspecified atom stereocenters. The summed E-state index contributed by atoms with van der Waals surface area (Å²) in [5.41, 5.74) is 1.23. The van der Waals surface area contributed by atoms with Gasteiger partial charge in [-0.2, -0.15) is 4.31 Å². The van der Waals surface area contributed by atoms with Crippen LogP contribution >= 0.6 is 0 Å². The Morgan fingerprint density at radius 3 is 2.33 bits per heavy atom. The minimum Gasteiger partial charge on any atom is -0.497 e. The third-order valence-electron chi connectivity index (χ3n) is 4.91. The number of anilines is 1. The standard InChI is InChI=1S/C22H26N2O5S/c1-28-19-10-8-18(9-11-19)23-22(25)13-7-17-6-12-20(29-2)21(16-17)30(26,27)24-14-4-3-5-15-24/h6-13,16H,3-5,14-15H2,1-2H3,(H,23,25). The van der Waals surface area contributed by atoms with Gasteiger partial charge in [-0.1, -0.05) is 12.5 Å². The molecule has 0 aromatic heterocycles. The quantitative estimate of drug-likeness (QED) is 0.680. The minimum absolute atomic E-state index is 0.115. The van der Waals surface area contributed by atoms with Crippen LogP contribution in [0, 0.1) is 0 Å². The third-order valence-corrected chi connectivity index (χ3v) is 6.83. The van der Waals surface area contributed by atoms with Crippen LogP contribution in [0.15, 0.2) is 53.4 Å². The van der Waals surface area contributed by atoms with Crippen molar-refractivity contribution in [3.8, 4) is 11.5 Å². The number of ether oxygens (including phenoxy) is 2. The first-order valence-corrected chi connectivity index (χ1v) is 11.2. The molecule has 0 spiro atoms. The van der Waals surface area contributed by atoms with Crippen molar-refractivity contribution in [3.63, 3.8) is 0 Å². The van der Waals surface area contributed by atoms with Crippen molar-refractivity contribution in [2.75, 3.05) is 32.6 Å². The number of nitrogens with one attached hydrogen (secondary N) is 1. The van der Waals surface area contributed by atoms with Crippen molar-refractivity contribution in [1.29, 1.82) is 0 Å². The Balaban J connectivity index is 1.77. The van der Waals surface area contributed by atoms with E-state index in [2.05, 4.69) is 5.32 Å². The predicted octanol–water partition coefficient (Wildman–Crippen LogP) is 3.53. The second-order valence-electron chi connectivity index (χ2n) is 6.93. The number of nitrogens with zero attached hydrogens (tertiary/aromatic N) is 1. The van der Waals surface area contributed by atoms with E-state index in [9.17, 15) is 13.2 Å². The maximum absolute atomic E-state index is 13.1. The topological polar surface area (TPSA) is 84.9 Å². The summed E-state index contributed by atoms with van der Waals surface area (Å²) in [7, 11) is -0.638. The number of amides is 1. The highest BCUT2D eigenvalue weighted by Gasteiger charge is 2.28. The summed E-state index contributed by atoms with van der Waals surface area (Å²) in [6.45, 7) is 1.02. The molecule has 0 bridgehead atoms. The molecule has 160 valence electrons. The van der Waals surface area contributed by atoms with Gasteiger partial charge in [0, 0.05) is 24.9 Å². The molecule has 3 rings (SSSR count). The van der Waals surface area contributed by atoms with Gasteiger partial charge in [0.15, 0.2) is 0 Å². The summed E-state index contributed by atoms with van der Waals surface area (Å²) >= 11 is 0. The molecule has 2 aromatic carbocycles. The molecule has 0 saturated carbocycles. The molecule has 1 N–H and O–H groups in total. The van der Waals surface area contributed by atoms with E-state index in [1.165, 1.54) is 17.5 Å². The Labute approximate surface area is 177 Å². The summed E-state index contributed by atoms with van der Waals surface area (Å²) in [5.74, 6) is 0.668. The first kappa shape index (κ1) is 21.9. The number of benzene rings is 2. The highest BCUT2D eigenvalue weighted by atomic mass is 32.2. The second-order valence-corrected chi connectivity index (χ2v) is 8.83. The van der Waals surface area contributed by atoms with E-state index in [0.29, 0.717) is 35.8 Å². The highest BCUT2D eigenvalue weighted by molar-refractivity contribution is 7.89. The van der Waals surface area contributed by atoms with E-state index in [0.717, 1.165) is 19.3 Å². The molecule has 1 fully saturated rings. The van der Waals surface area contributed by atoms with Crippen LogP contribution in [0.25, 0.3) is 6.08 Å². The smallest absolute Gasteiger partial charge is 0.248 e. The van der Waals surface area contributed by atoms with E-state index in [1.54, 1.807) is 55.7 Å². The van der Waals surface area contributed by atoms with E-state index >= 15 is 0 Å². The van der Waals surface area contributed by atoms with Gasteiger partial charge in [-0.05, 0) is 60.9 Å². The summed E-state index contributed by atoms with van der Waals surface area (Å²) in [4.78, 5) is 12.3. The average Bonchev–Trinajstić information content (AvgIpc) is 2.78. The fourth-order valence-corrected chi connectivity index (χ4v) is 4.98. The Hall–Kier alpha value is -2.84. The van der Waals surface area contributed by atoms with Crippen LogP contribution in [0.1, 0.15) is 24.8 Å². The number of carbonyl (C=O) groups is 1. The molecule has 0 radical (unpaired) electrons. The maximum atomic E-state index is 13.1. The Bertz CT molecular complexity index is 1010. The lowest BCUT2D eigenvalue weighted by atomic mass is 10.2. The van der Waals surface area contributed by atoms with E-state index < -0.39 is 10.0 Å². The normalized spacial score (nSPS) is 15.1. The van der Waals surface area contributed by atoms with Crippen molar-refractivity contribution >= 4 is 27.7 Å². The molecule has 0 aliphatic carbocycles. The molecular weight excluding hydrogens is 404 g/mol. The Morgan fingerprint density at radius 2 is 1.70 bits per heavy atom. The Morgan fingerprint density at radius 1 is 1.00 bits per heavy atom. The first-order valence-electron chi connectivity index (χ1n) is 9.75. The van der Waals surface area contributed by atoms with Crippen molar-refractivity contribution in [2.24, 2.45) is 0 Å². The van der Waals surface area contributed by atoms with Crippen LogP contribution in [0.3, 0.4) is 0 Å². The number of carbonyl (C=O) groups excluding carboxylic acids is 1. The molecule has 1 heterocycles. The van der Waals surface area contributed by atoms with Crippen LogP contribution in [-0.2, 0) is 14.8 Å². The van der Waals surface area contributed by atoms with Crippen molar-refractivity contribution in [2.45, 2.75) is 24.2 Å². The van der Waals surface area contributed by atoms with Crippen molar-refractivity contribution < 1.29 is 22.7 Å². The molecule has 1 aliphatic rings. The van der Waals surface area contributed by atoms with Gasteiger partial charge in [-0.25, -0.2) is 8.42 Å². The summed E-state index contributed by atoms with van der Waals surface area (Å²) < 4.78 is 38.0. The lowest BCUT2D eigenvalue weighted by Gasteiger charge is -2.26. The van der Waals surface area contributed by atoms with Gasteiger partial charge in [0.1, 0.15) is 16.4 Å². The number of hydrogen-bond donors (Lipinski definition) is 1. The SMILES string of the molecule is COc1ccc(NC(=O)C=Cc2ccc(OC)c(S(=O)(=O)N3CCCCC3)c2)cc1. The summed E-state index contributed by atoms with van der Waals surface area (Å²) in [6, 6.07) is 11.8. The fourth-order valence-electron chi connectivity index (χ4n) is 3.27. The zero-order valence-corrected chi connectivity index (χ0v) is 17.9. The van der Waals surface area contributed by atoms with E-state index in [4.69, 9.17) is 9.47 Å². The summed E-state index contributed by atoms with van der Waals surface area (Å²) in [6.07, 6.45) is 5.69. The third kappa shape index (κ3) is 5.20. The molecular formula is C22H26N2O5S. The first-order chi connectivity index (χ1) is 14.4. The molecule has 2 aromatic rings. The van der Waals surface area contributed by atoms with Gasteiger partial charge >= 0.3 is 0 Å². The van der Waals surface area contributed by atoms with Gasteiger partial charge in [0.25, 0.3) is 0 Å². The monoisotopic (exact) mass is 430 g/mol. The lowest BCUT2D eigenvalue weighted by Crippen LogP contribution is -2.35. The number of methoxy groups -OCH3 is 2. The predicted molar refractivity (Wildman–Crippen MR) is 116 cm³/mol. The summed E-state index contributed by atoms with van der Waals surface area (Å²) in [5, 5.41) is 2.75. The minimum atomic E-state index is -3.66. The average molecular weight is 431 g/mol. The van der Waals surface area contributed by atoms with Gasteiger partial charge in [-0.3, -0.25) is 4.79 Å². The number of hydrogen-bond acceptors (Lipinski definition) is 5. The Kier molecular flexibility index (Phi) is 7.12. The second kappa shape index (κ2) is 9.77. The molecule has 1 amide bonds. The largest absolute Gasteiger partial charge is 0.497 e. The van der Waals surface area contributed by atoms with Crippen LogP contribution < -0.4 is 14.8 Å².